The third-order valence-electron chi connectivity index (χ3n) is 3.20. The Hall–Kier alpha value is -1.87. The second-order valence-electron chi connectivity index (χ2n) is 4.47. The normalized spacial score (nSPS) is 11.8. The number of ether oxygens (including phenoxy) is 3. The fourth-order valence-electron chi connectivity index (χ4n) is 2.11. The minimum Gasteiger partial charge on any atom is -0.497 e. The van der Waals surface area contributed by atoms with E-state index in [1.165, 1.54) is 0 Å². The Bertz CT molecular complexity index is 581. The smallest absolute Gasteiger partial charge is 0.127 e. The molecular weight excluding hydrogens is 288 g/mol. The van der Waals surface area contributed by atoms with Crippen molar-refractivity contribution in [2.24, 2.45) is 0 Å². The maximum Gasteiger partial charge on any atom is 0.127 e. The van der Waals surface area contributed by atoms with Crippen LogP contribution in [-0.4, -0.2) is 20.8 Å². The summed E-state index contributed by atoms with van der Waals surface area (Å²) in [6.45, 7) is 2.61. The molecule has 0 bridgehead atoms. The first-order valence-corrected chi connectivity index (χ1v) is 7.22. The second kappa shape index (κ2) is 7.23. The number of methoxy groups -OCH3 is 2. The van der Waals surface area contributed by atoms with E-state index in [0.29, 0.717) is 12.4 Å². The summed E-state index contributed by atoms with van der Waals surface area (Å²) < 4.78 is 16.0. The van der Waals surface area contributed by atoms with Gasteiger partial charge < -0.3 is 14.2 Å². The summed E-state index contributed by atoms with van der Waals surface area (Å²) in [5, 5.41) is -0.290. The number of benzene rings is 2. The molecule has 0 aliphatic carbocycles. The lowest BCUT2D eigenvalue weighted by molar-refractivity contribution is 0.340. The molecule has 2 aromatic rings. The molecule has 2 rings (SSSR count). The molecule has 1 unspecified atom stereocenters. The molecule has 0 aliphatic rings. The first-order chi connectivity index (χ1) is 10.2. The van der Waals surface area contributed by atoms with E-state index in [9.17, 15) is 0 Å². The van der Waals surface area contributed by atoms with Crippen LogP contribution >= 0.6 is 11.6 Å². The lowest BCUT2D eigenvalue weighted by Crippen LogP contribution is -1.99. The molecule has 112 valence electrons. The summed E-state index contributed by atoms with van der Waals surface area (Å²) in [6.07, 6.45) is 0. The molecule has 2 aromatic carbocycles. The van der Waals surface area contributed by atoms with E-state index in [-0.39, 0.29) is 5.38 Å². The highest BCUT2D eigenvalue weighted by atomic mass is 35.5. The first-order valence-electron chi connectivity index (χ1n) is 6.78. The highest BCUT2D eigenvalue weighted by Gasteiger charge is 2.16. The van der Waals surface area contributed by atoms with Crippen LogP contribution in [0, 0.1) is 0 Å². The van der Waals surface area contributed by atoms with Gasteiger partial charge in [0.1, 0.15) is 17.2 Å². The zero-order valence-electron chi connectivity index (χ0n) is 12.4. The molecule has 0 fully saturated rings. The molecule has 0 heterocycles. The highest BCUT2D eigenvalue weighted by molar-refractivity contribution is 6.22. The fraction of sp³-hybridized carbons (Fsp3) is 0.294. The number of rotatable bonds is 6. The van der Waals surface area contributed by atoms with Crippen LogP contribution in [0.3, 0.4) is 0 Å². The number of halogens is 1. The summed E-state index contributed by atoms with van der Waals surface area (Å²) in [5.74, 6) is 2.29. The summed E-state index contributed by atoms with van der Waals surface area (Å²) in [7, 11) is 3.25. The molecule has 1 atom stereocenters. The molecule has 3 nitrogen and oxygen atoms in total. The molecule has 0 saturated heterocycles. The Kier molecular flexibility index (Phi) is 5.34. The van der Waals surface area contributed by atoms with Gasteiger partial charge in [-0.3, -0.25) is 0 Å². The van der Waals surface area contributed by atoms with Gasteiger partial charge in [0, 0.05) is 11.6 Å². The van der Waals surface area contributed by atoms with Gasteiger partial charge in [-0.15, -0.1) is 11.6 Å². The molecule has 21 heavy (non-hydrogen) atoms. The Morgan fingerprint density at radius 1 is 0.952 bits per heavy atom. The largest absolute Gasteiger partial charge is 0.497 e. The van der Waals surface area contributed by atoms with Crippen LogP contribution in [0.25, 0.3) is 0 Å². The van der Waals surface area contributed by atoms with Gasteiger partial charge in [-0.25, -0.2) is 0 Å². The van der Waals surface area contributed by atoms with Gasteiger partial charge in [0.15, 0.2) is 0 Å². The Labute approximate surface area is 130 Å². The highest BCUT2D eigenvalue weighted by Crippen LogP contribution is 2.37. The van der Waals surface area contributed by atoms with Crippen molar-refractivity contribution in [3.63, 3.8) is 0 Å². The molecule has 0 N–H and O–H groups in total. The van der Waals surface area contributed by atoms with E-state index >= 15 is 0 Å². The van der Waals surface area contributed by atoms with E-state index in [1.54, 1.807) is 14.2 Å². The molecule has 0 amide bonds. The Morgan fingerprint density at radius 2 is 1.62 bits per heavy atom. The summed E-state index contributed by atoms with van der Waals surface area (Å²) in [4.78, 5) is 0. The van der Waals surface area contributed by atoms with Crippen LogP contribution in [-0.2, 0) is 0 Å². The van der Waals surface area contributed by atoms with E-state index in [2.05, 4.69) is 0 Å². The van der Waals surface area contributed by atoms with E-state index in [4.69, 9.17) is 25.8 Å². The van der Waals surface area contributed by atoms with Gasteiger partial charge in [-0.1, -0.05) is 12.1 Å². The molecule has 0 spiro atoms. The zero-order valence-corrected chi connectivity index (χ0v) is 13.2. The quantitative estimate of drug-likeness (QED) is 0.739. The van der Waals surface area contributed by atoms with Gasteiger partial charge >= 0.3 is 0 Å². The molecule has 0 aliphatic heterocycles. The summed E-state index contributed by atoms with van der Waals surface area (Å²) >= 11 is 6.58. The number of hydrogen-bond acceptors (Lipinski definition) is 3. The Balaban J connectivity index is 2.28. The third-order valence-corrected chi connectivity index (χ3v) is 3.68. The van der Waals surface area contributed by atoms with Crippen molar-refractivity contribution >= 4 is 11.6 Å². The number of alkyl halides is 1. The molecule has 0 radical (unpaired) electrons. The second-order valence-corrected chi connectivity index (χ2v) is 4.91. The van der Waals surface area contributed by atoms with Crippen molar-refractivity contribution in [2.45, 2.75) is 12.3 Å². The van der Waals surface area contributed by atoms with Crippen molar-refractivity contribution in [1.82, 2.24) is 0 Å². The van der Waals surface area contributed by atoms with Crippen molar-refractivity contribution in [1.29, 1.82) is 0 Å². The third kappa shape index (κ3) is 3.61. The predicted octanol–water partition coefficient (Wildman–Crippen LogP) is 4.43. The van der Waals surface area contributed by atoms with Crippen LogP contribution in [0.2, 0.25) is 0 Å². The fourth-order valence-corrected chi connectivity index (χ4v) is 2.43. The minimum atomic E-state index is -0.290. The molecule has 0 aromatic heterocycles. The average molecular weight is 307 g/mol. The van der Waals surface area contributed by atoms with Crippen LogP contribution in [0.4, 0.5) is 0 Å². The predicted molar refractivity (Wildman–Crippen MR) is 84.9 cm³/mol. The minimum absolute atomic E-state index is 0.290. The van der Waals surface area contributed by atoms with Gasteiger partial charge in [0.25, 0.3) is 0 Å². The lowest BCUT2D eigenvalue weighted by Gasteiger charge is -2.16. The standard InChI is InChI=1S/C17H19ClO3/c1-4-21-13-7-5-12(6-8-13)17(18)15-10-9-14(19-2)11-16(15)20-3/h5-11,17H,4H2,1-3H3. The first kappa shape index (κ1) is 15.5. The molecule has 0 saturated carbocycles. The van der Waals surface area contributed by atoms with Crippen LogP contribution < -0.4 is 14.2 Å². The average Bonchev–Trinajstić information content (AvgIpc) is 2.54. The van der Waals surface area contributed by atoms with E-state index < -0.39 is 0 Å². The van der Waals surface area contributed by atoms with Crippen LogP contribution in [0.1, 0.15) is 23.4 Å². The number of hydrogen-bond donors (Lipinski definition) is 0. The van der Waals surface area contributed by atoms with Gasteiger partial charge in [0.05, 0.1) is 26.2 Å². The van der Waals surface area contributed by atoms with Crippen molar-refractivity contribution < 1.29 is 14.2 Å². The van der Waals surface area contributed by atoms with Crippen molar-refractivity contribution in [3.8, 4) is 17.2 Å². The van der Waals surface area contributed by atoms with Crippen LogP contribution in [0.5, 0.6) is 17.2 Å². The van der Waals surface area contributed by atoms with Gasteiger partial charge in [-0.05, 0) is 36.8 Å². The maximum absolute atomic E-state index is 6.58. The van der Waals surface area contributed by atoms with Gasteiger partial charge in [-0.2, -0.15) is 0 Å². The van der Waals surface area contributed by atoms with Crippen LogP contribution in [0.15, 0.2) is 42.5 Å². The lowest BCUT2D eigenvalue weighted by atomic mass is 10.0. The monoisotopic (exact) mass is 306 g/mol. The summed E-state index contributed by atoms with van der Waals surface area (Å²) in [5.41, 5.74) is 1.90. The SMILES string of the molecule is CCOc1ccc(C(Cl)c2ccc(OC)cc2OC)cc1. The van der Waals surface area contributed by atoms with Gasteiger partial charge in [0.2, 0.25) is 0 Å². The van der Waals surface area contributed by atoms with Crippen molar-refractivity contribution in [2.75, 3.05) is 20.8 Å². The van der Waals surface area contributed by atoms with Crippen molar-refractivity contribution in [3.05, 3.63) is 53.6 Å². The Morgan fingerprint density at radius 3 is 2.19 bits per heavy atom. The maximum atomic E-state index is 6.58. The topological polar surface area (TPSA) is 27.7 Å². The van der Waals surface area contributed by atoms with E-state index in [0.717, 1.165) is 22.6 Å². The zero-order chi connectivity index (χ0) is 15.2. The molecule has 4 heteroatoms. The van der Waals surface area contributed by atoms with E-state index in [1.807, 2.05) is 49.4 Å². The summed E-state index contributed by atoms with van der Waals surface area (Å²) in [6, 6.07) is 13.4. The molecular formula is C17H19ClO3.